The standard InChI is InChI=1S/C31H48N6O10S4/c1-7-32-24-15-20(3)50(41,42)30-23(24)16-26(48-30)51(43,44)36-28(40)19(2)14-21(38)8-9-25(39)47-22(17-33-31(4,5)6)18-46-29-27(34-49-35-29)37-10-12-45-13-11-37/h16,19-20,22,24,32-33H,7-15,17-18H2,1-6H3,(H,36,40)/t19?,20-,22?,24-/m1/s1. The molecule has 286 valence electrons. The number of ketones is 1. The summed E-state index contributed by atoms with van der Waals surface area (Å²) < 4.78 is 79.5. The largest absolute Gasteiger partial charge is 0.470 e. The quantitative estimate of drug-likeness (QED) is 0.196. The predicted octanol–water partition coefficient (Wildman–Crippen LogP) is 2.21. The van der Waals surface area contributed by atoms with Crippen LogP contribution in [0, 0.1) is 5.92 Å². The number of Topliss-reactive ketones (excluding diaryl/α,β-unsaturated/α-hetero) is 1. The van der Waals surface area contributed by atoms with Crippen molar-refractivity contribution in [2.45, 2.75) is 98.6 Å². The number of morpholine rings is 1. The lowest BCUT2D eigenvalue weighted by atomic mass is 10.0. The maximum atomic E-state index is 13.2. The summed E-state index contributed by atoms with van der Waals surface area (Å²) in [6.07, 6.45) is -1.21. The molecule has 0 spiro atoms. The number of hydrogen-bond donors (Lipinski definition) is 3. The van der Waals surface area contributed by atoms with E-state index in [4.69, 9.17) is 14.2 Å². The molecule has 1 fully saturated rings. The van der Waals surface area contributed by atoms with Crippen LogP contribution in [0.5, 0.6) is 5.88 Å². The number of ether oxygens (including phenoxy) is 3. The van der Waals surface area contributed by atoms with E-state index in [0.29, 0.717) is 67.9 Å². The van der Waals surface area contributed by atoms with Crippen molar-refractivity contribution in [3.8, 4) is 5.88 Å². The third-order valence-corrected chi connectivity index (χ3v) is 14.5. The van der Waals surface area contributed by atoms with Crippen molar-refractivity contribution in [3.63, 3.8) is 0 Å². The van der Waals surface area contributed by atoms with E-state index in [1.54, 1.807) is 6.92 Å². The summed E-state index contributed by atoms with van der Waals surface area (Å²) in [5, 5.41) is 5.78. The molecular weight excluding hydrogens is 745 g/mol. The van der Waals surface area contributed by atoms with Crippen LogP contribution in [-0.4, -0.2) is 106 Å². The molecule has 3 N–H and O–H groups in total. The topological polar surface area (TPSA) is 212 Å². The average molecular weight is 793 g/mol. The fourth-order valence-electron chi connectivity index (χ4n) is 5.44. The molecular formula is C31H48N6O10S4. The van der Waals surface area contributed by atoms with Crippen LogP contribution >= 0.6 is 23.1 Å². The lowest BCUT2D eigenvalue weighted by molar-refractivity contribution is -0.151. The summed E-state index contributed by atoms with van der Waals surface area (Å²) in [6.45, 7) is 14.0. The summed E-state index contributed by atoms with van der Waals surface area (Å²) in [6, 6.07) is 0.948. The number of fused-ring (bicyclic) bond motifs is 1. The van der Waals surface area contributed by atoms with Crippen LogP contribution in [0.2, 0.25) is 0 Å². The number of hydrogen-bond acceptors (Lipinski definition) is 17. The molecule has 2 aromatic heterocycles. The molecule has 0 aromatic carbocycles. The van der Waals surface area contributed by atoms with Crippen LogP contribution in [0.4, 0.5) is 5.82 Å². The Labute approximate surface area is 307 Å². The number of rotatable bonds is 17. The van der Waals surface area contributed by atoms with Gasteiger partial charge in [-0.05, 0) is 46.7 Å². The Balaban J connectivity index is 1.29. The van der Waals surface area contributed by atoms with Crippen molar-refractivity contribution in [3.05, 3.63) is 11.6 Å². The van der Waals surface area contributed by atoms with Gasteiger partial charge in [-0.25, -0.2) is 21.6 Å². The zero-order valence-corrected chi connectivity index (χ0v) is 33.0. The van der Waals surface area contributed by atoms with E-state index in [1.165, 1.54) is 13.0 Å². The second-order valence-corrected chi connectivity index (χ2v) is 19.7. The number of sulfone groups is 1. The monoisotopic (exact) mass is 792 g/mol. The Hall–Kier alpha value is -2.75. The van der Waals surface area contributed by atoms with Crippen LogP contribution in [0.15, 0.2) is 14.5 Å². The lowest BCUT2D eigenvalue weighted by Crippen LogP contribution is -2.44. The van der Waals surface area contributed by atoms with E-state index in [0.717, 1.165) is 11.7 Å². The summed E-state index contributed by atoms with van der Waals surface area (Å²) >= 11 is 1.62. The van der Waals surface area contributed by atoms with Gasteiger partial charge in [-0.3, -0.25) is 14.4 Å². The average Bonchev–Trinajstić information content (AvgIpc) is 3.73. The maximum Gasteiger partial charge on any atom is 0.306 e. The fourth-order valence-corrected chi connectivity index (χ4v) is 11.0. The van der Waals surface area contributed by atoms with E-state index < -0.39 is 54.8 Å². The van der Waals surface area contributed by atoms with Crippen LogP contribution in [0.1, 0.15) is 78.8 Å². The molecule has 4 rings (SSSR count). The van der Waals surface area contributed by atoms with Crippen LogP contribution in [0.25, 0.3) is 0 Å². The summed E-state index contributed by atoms with van der Waals surface area (Å²) in [5.74, 6) is -2.10. The van der Waals surface area contributed by atoms with E-state index >= 15 is 0 Å². The molecule has 2 aliphatic heterocycles. The van der Waals surface area contributed by atoms with Crippen molar-refractivity contribution in [2.24, 2.45) is 5.92 Å². The second-order valence-electron chi connectivity index (χ2n) is 13.7. The van der Waals surface area contributed by atoms with Crippen molar-refractivity contribution >= 4 is 66.4 Å². The molecule has 16 nitrogen and oxygen atoms in total. The molecule has 0 aliphatic carbocycles. The summed E-state index contributed by atoms with van der Waals surface area (Å²) in [7, 11) is -8.14. The molecule has 0 bridgehead atoms. The summed E-state index contributed by atoms with van der Waals surface area (Å²) in [4.78, 5) is 40.5. The van der Waals surface area contributed by atoms with Gasteiger partial charge in [-0.15, -0.1) is 15.7 Å². The first-order valence-corrected chi connectivity index (χ1v) is 21.4. The normalized spacial score (nSPS) is 20.2. The molecule has 4 heterocycles. The first kappa shape index (κ1) is 41.0. The first-order valence-electron chi connectivity index (χ1n) is 16.8. The Bertz CT molecular complexity index is 1750. The minimum Gasteiger partial charge on any atom is -0.470 e. The van der Waals surface area contributed by atoms with Crippen molar-refractivity contribution in [1.29, 1.82) is 0 Å². The highest BCUT2D eigenvalue weighted by Gasteiger charge is 2.40. The van der Waals surface area contributed by atoms with Gasteiger partial charge in [0.05, 0.1) is 36.6 Å². The molecule has 1 saturated heterocycles. The first-order chi connectivity index (χ1) is 23.9. The highest BCUT2D eigenvalue weighted by molar-refractivity contribution is 7.95. The van der Waals surface area contributed by atoms with E-state index in [1.807, 2.05) is 37.3 Å². The van der Waals surface area contributed by atoms with Gasteiger partial charge in [-0.1, -0.05) is 13.8 Å². The van der Waals surface area contributed by atoms with Crippen LogP contribution < -0.4 is 25.0 Å². The van der Waals surface area contributed by atoms with Gasteiger partial charge >= 0.3 is 5.97 Å². The van der Waals surface area contributed by atoms with Crippen molar-refractivity contribution < 1.29 is 45.4 Å². The summed E-state index contributed by atoms with van der Waals surface area (Å²) in [5.41, 5.74) is 0.0866. The second kappa shape index (κ2) is 17.4. The molecule has 20 heteroatoms. The molecule has 2 aliphatic rings. The number of nitrogens with one attached hydrogen (secondary N) is 3. The van der Waals surface area contributed by atoms with Crippen LogP contribution in [-0.2, 0) is 43.7 Å². The molecule has 1 amide bonds. The highest BCUT2D eigenvalue weighted by Crippen LogP contribution is 2.42. The highest BCUT2D eigenvalue weighted by atomic mass is 32.3. The third kappa shape index (κ3) is 11.1. The molecule has 2 aromatic rings. The van der Waals surface area contributed by atoms with E-state index in [9.17, 15) is 31.2 Å². The SMILES string of the molecule is CCN[C@@H]1C[C@@H](C)S(=O)(=O)c2sc(S(=O)(=O)NC(=O)C(C)CC(=O)CCC(=O)OC(CNC(C)(C)C)COc3nsnc3N3CCOCC3)cc21. The Morgan fingerprint density at radius 2 is 1.86 bits per heavy atom. The van der Waals surface area contributed by atoms with Crippen molar-refractivity contribution in [1.82, 2.24) is 24.1 Å². The number of amides is 1. The Morgan fingerprint density at radius 3 is 2.53 bits per heavy atom. The molecule has 2 unspecified atom stereocenters. The Morgan fingerprint density at radius 1 is 1.16 bits per heavy atom. The zero-order valence-electron chi connectivity index (χ0n) is 29.7. The Kier molecular flexibility index (Phi) is 14.0. The number of nitrogens with zero attached hydrogens (tertiary/aromatic N) is 3. The van der Waals surface area contributed by atoms with Gasteiger partial charge in [0.25, 0.3) is 15.9 Å². The molecule has 0 radical (unpaired) electrons. The predicted molar refractivity (Wildman–Crippen MR) is 191 cm³/mol. The maximum absolute atomic E-state index is 13.2. The van der Waals surface area contributed by atoms with Crippen molar-refractivity contribution in [2.75, 3.05) is 50.9 Å². The third-order valence-electron chi connectivity index (χ3n) is 8.29. The van der Waals surface area contributed by atoms with Gasteiger partial charge < -0.3 is 29.7 Å². The molecule has 51 heavy (non-hydrogen) atoms. The fraction of sp³-hybridized carbons (Fsp3) is 0.710. The number of thiophene rings is 1. The van der Waals surface area contributed by atoms with E-state index in [-0.39, 0.29) is 52.4 Å². The van der Waals surface area contributed by atoms with Gasteiger partial charge in [-0.2, -0.15) is 4.37 Å². The molecule has 0 saturated carbocycles. The smallest absolute Gasteiger partial charge is 0.306 e. The number of sulfonamides is 1. The number of anilines is 1. The minimum atomic E-state index is -4.42. The van der Waals surface area contributed by atoms with Gasteiger partial charge in [0.1, 0.15) is 26.9 Å². The lowest BCUT2D eigenvalue weighted by Gasteiger charge is -2.27. The number of esters is 1. The zero-order chi connectivity index (χ0) is 37.6. The molecule has 4 atom stereocenters. The van der Waals surface area contributed by atoms with Gasteiger partial charge in [0.15, 0.2) is 9.84 Å². The number of aromatic nitrogens is 2. The number of carbonyl (C=O) groups is 3. The van der Waals surface area contributed by atoms with Gasteiger partial charge in [0, 0.05) is 55.5 Å². The van der Waals surface area contributed by atoms with E-state index in [2.05, 4.69) is 19.4 Å². The van der Waals surface area contributed by atoms with Crippen LogP contribution in [0.3, 0.4) is 0 Å². The minimum absolute atomic E-state index is 0.00878. The number of carbonyl (C=O) groups excluding carboxylic acids is 3. The van der Waals surface area contributed by atoms with Gasteiger partial charge in [0.2, 0.25) is 11.7 Å².